The molecule has 0 radical (unpaired) electrons. The highest BCUT2D eigenvalue weighted by Gasteiger charge is 2.12. The number of carbonyl (C=O) groups is 1. The van der Waals surface area contributed by atoms with Crippen LogP contribution in [0.25, 0.3) is 17.2 Å². The standard InChI is InChI=1S/C18H23N3OS.C15H21N.C8H15NO.C3H8.2C2H6.C2H4/c1-6-17(13(3)15-7-9-16(19)10-8-15)12(2)14(4)23-18(11-22)21-20-5;1-5-10-16-11-14-9-7-8-13(6-2)15(14)12(3)4;1-7(6-10)4-5-8(2)9-3;1-3-2;3*1-2/h6-10,22H,3,5,11,19H2,1-2,4H3;6-9,16H,2-3,5,10-11H2,1,4H3;6-7,9H,2,4-5H2,1,3H3;3H2,1-2H3;2*1-2H3;1-2H2/b14-12-,17-6-,21-18-;;;;;;. The number of carbonyl (C=O) groups excluding carboxylic acids is 1. The normalized spacial score (nSPS) is 10.9. The van der Waals surface area contributed by atoms with Gasteiger partial charge in [0, 0.05) is 37.6 Å². The Labute approximate surface area is 361 Å². The van der Waals surface area contributed by atoms with Crippen LogP contribution in [0.4, 0.5) is 5.69 Å². The number of aldehydes is 1. The van der Waals surface area contributed by atoms with Crippen molar-refractivity contribution in [2.75, 3.05) is 25.9 Å². The second kappa shape index (κ2) is 43.6. The minimum absolute atomic E-state index is 0.157. The largest absolute Gasteiger partial charge is 0.399 e. The molecule has 0 amide bonds. The number of aliphatic hydroxyl groups is 1. The van der Waals surface area contributed by atoms with Crippen molar-refractivity contribution in [2.45, 2.75) is 115 Å². The van der Waals surface area contributed by atoms with Crippen molar-refractivity contribution in [3.05, 3.63) is 132 Å². The second-order valence-corrected chi connectivity index (χ2v) is 13.4. The maximum atomic E-state index is 10.2. The molecule has 326 valence electrons. The van der Waals surface area contributed by atoms with Gasteiger partial charge in [-0.2, -0.15) is 5.10 Å². The Morgan fingerprint density at radius 1 is 0.983 bits per heavy atom. The lowest BCUT2D eigenvalue weighted by molar-refractivity contribution is -0.110. The summed E-state index contributed by atoms with van der Waals surface area (Å²) in [5.74, 6) is 0.157. The van der Waals surface area contributed by atoms with Gasteiger partial charge < -0.3 is 26.3 Å². The van der Waals surface area contributed by atoms with Gasteiger partial charge >= 0.3 is 0 Å². The van der Waals surface area contributed by atoms with E-state index in [2.05, 4.69) is 106 Å². The van der Waals surface area contributed by atoms with Gasteiger partial charge in [-0.3, -0.25) is 0 Å². The minimum Gasteiger partial charge on any atom is -0.399 e. The summed E-state index contributed by atoms with van der Waals surface area (Å²) in [6.07, 6.45) is 9.08. The van der Waals surface area contributed by atoms with E-state index in [4.69, 9.17) is 5.73 Å². The molecule has 2 aromatic carbocycles. The number of thioether (sulfide) groups is 1. The fourth-order valence-corrected chi connectivity index (χ4v) is 5.30. The number of nitrogen functional groups attached to an aromatic ring is 1. The maximum Gasteiger partial charge on any atom is 0.126 e. The van der Waals surface area contributed by atoms with Gasteiger partial charge in [0.15, 0.2) is 0 Å². The summed E-state index contributed by atoms with van der Waals surface area (Å²) in [7, 11) is 1.84. The quantitative estimate of drug-likeness (QED) is 0.0185. The Morgan fingerprint density at radius 3 is 1.95 bits per heavy atom. The smallest absolute Gasteiger partial charge is 0.126 e. The van der Waals surface area contributed by atoms with Crippen LogP contribution in [0.1, 0.15) is 131 Å². The monoisotopic (exact) mass is 818 g/mol. The Bertz CT molecular complexity index is 1520. The van der Waals surface area contributed by atoms with Crippen LogP contribution in [-0.4, -0.2) is 43.4 Å². The zero-order chi connectivity index (χ0) is 46.1. The van der Waals surface area contributed by atoms with Gasteiger partial charge in [-0.1, -0.05) is 148 Å². The summed E-state index contributed by atoms with van der Waals surface area (Å²) in [6.45, 7) is 51.3. The molecule has 0 saturated carbocycles. The number of nitrogens with one attached hydrogen (secondary N) is 2. The van der Waals surface area contributed by atoms with Crippen molar-refractivity contribution in [1.82, 2.24) is 10.6 Å². The highest BCUT2D eigenvalue weighted by atomic mass is 32.2. The summed E-state index contributed by atoms with van der Waals surface area (Å²) >= 11 is 1.38. The molecule has 0 aliphatic rings. The van der Waals surface area contributed by atoms with Crippen molar-refractivity contribution in [1.29, 1.82) is 0 Å². The van der Waals surface area contributed by atoms with E-state index in [1.807, 2.05) is 106 Å². The molecule has 0 bridgehead atoms. The van der Waals surface area contributed by atoms with Crippen molar-refractivity contribution in [3.63, 3.8) is 0 Å². The van der Waals surface area contributed by atoms with E-state index in [0.29, 0.717) is 5.04 Å². The Hall–Kier alpha value is -4.50. The molecule has 0 spiro atoms. The van der Waals surface area contributed by atoms with Crippen LogP contribution in [0.5, 0.6) is 0 Å². The molecular weight excluding hydrogens is 735 g/mol. The first-order valence-corrected chi connectivity index (χ1v) is 21.2. The molecule has 2 rings (SSSR count). The molecule has 8 heteroatoms. The van der Waals surface area contributed by atoms with Crippen LogP contribution in [0, 0.1) is 5.92 Å². The Morgan fingerprint density at radius 2 is 1.53 bits per heavy atom. The predicted molar refractivity (Wildman–Crippen MR) is 269 cm³/mol. The van der Waals surface area contributed by atoms with Gasteiger partial charge in [-0.15, -0.1) is 18.3 Å². The lowest BCUT2D eigenvalue weighted by Gasteiger charge is -2.15. The van der Waals surface area contributed by atoms with Crippen LogP contribution in [0.15, 0.2) is 120 Å². The summed E-state index contributed by atoms with van der Waals surface area (Å²) in [4.78, 5) is 11.2. The number of benzene rings is 2. The van der Waals surface area contributed by atoms with Crippen LogP contribution in [0.2, 0.25) is 0 Å². The van der Waals surface area contributed by atoms with Crippen molar-refractivity contribution in [3.8, 4) is 0 Å². The Balaban J connectivity index is -0.000000232. The first-order valence-electron chi connectivity index (χ1n) is 20.4. The molecule has 58 heavy (non-hydrogen) atoms. The van der Waals surface area contributed by atoms with Crippen molar-refractivity contribution < 1.29 is 9.90 Å². The predicted octanol–water partition coefficient (Wildman–Crippen LogP) is 13.7. The minimum atomic E-state index is -0.168. The zero-order valence-corrected chi connectivity index (χ0v) is 39.8. The molecule has 0 saturated heterocycles. The SMILES string of the molecule is C=C.C=C(CCC(C)C=O)NC.C=Cc1cccc(CNCCC)c1C(=C)C.C=N/N=C(/CO)S/C(C)=C(C)\C(=C\C)C(=C)c1ccc(N)cc1.CC.CC.CCC. The number of hydrogen-bond acceptors (Lipinski definition) is 8. The average Bonchev–Trinajstić information content (AvgIpc) is 3.25. The first-order chi connectivity index (χ1) is 27.8. The van der Waals surface area contributed by atoms with E-state index in [9.17, 15) is 9.90 Å². The number of rotatable bonds is 17. The van der Waals surface area contributed by atoms with E-state index in [-0.39, 0.29) is 12.5 Å². The van der Waals surface area contributed by atoms with Crippen LogP contribution in [-0.2, 0) is 11.3 Å². The summed E-state index contributed by atoms with van der Waals surface area (Å²) in [5, 5.41) is 23.4. The van der Waals surface area contributed by atoms with Crippen LogP contribution in [0.3, 0.4) is 0 Å². The lowest BCUT2D eigenvalue weighted by Crippen LogP contribution is -2.15. The number of nitrogens with zero attached hydrogens (tertiary/aromatic N) is 2. The highest BCUT2D eigenvalue weighted by Crippen LogP contribution is 2.33. The van der Waals surface area contributed by atoms with Gasteiger partial charge in [0.2, 0.25) is 0 Å². The molecule has 1 atom stereocenters. The zero-order valence-electron chi connectivity index (χ0n) is 39.0. The van der Waals surface area contributed by atoms with Crippen molar-refractivity contribution >= 4 is 52.7 Å². The number of allylic oxidation sites excluding steroid dienone is 7. The van der Waals surface area contributed by atoms with E-state index in [1.54, 1.807) is 0 Å². The van der Waals surface area contributed by atoms with Crippen LogP contribution >= 0.6 is 11.8 Å². The van der Waals surface area contributed by atoms with Gasteiger partial charge in [-0.05, 0) is 110 Å². The summed E-state index contributed by atoms with van der Waals surface area (Å²) < 4.78 is 0. The number of hydrogen-bond donors (Lipinski definition) is 4. The third-order valence-electron chi connectivity index (χ3n) is 7.45. The molecule has 2 aromatic rings. The van der Waals surface area contributed by atoms with Crippen LogP contribution < -0.4 is 16.4 Å². The number of aliphatic hydroxyl groups excluding tert-OH is 1. The van der Waals surface area contributed by atoms with Gasteiger partial charge in [0.25, 0.3) is 0 Å². The fraction of sp³-hybridized carbons (Fsp3) is 0.420. The van der Waals surface area contributed by atoms with E-state index >= 15 is 0 Å². The number of anilines is 1. The lowest BCUT2D eigenvalue weighted by atomic mass is 9.94. The molecular formula is C50H83N5O2S. The number of nitrogens with two attached hydrogens (primary N) is 1. The fourth-order valence-electron chi connectivity index (χ4n) is 4.52. The van der Waals surface area contributed by atoms with E-state index < -0.39 is 0 Å². The molecule has 0 aliphatic heterocycles. The highest BCUT2D eigenvalue weighted by molar-refractivity contribution is 8.17. The molecule has 5 N–H and O–H groups in total. The van der Waals surface area contributed by atoms with Gasteiger partial charge in [-0.25, -0.2) is 0 Å². The molecule has 1 unspecified atom stereocenters. The summed E-state index contributed by atoms with van der Waals surface area (Å²) in [5.41, 5.74) is 16.3. The second-order valence-electron chi connectivity index (χ2n) is 12.1. The molecule has 0 heterocycles. The van der Waals surface area contributed by atoms with Crippen molar-refractivity contribution in [2.24, 2.45) is 16.1 Å². The van der Waals surface area contributed by atoms with E-state index in [1.165, 1.54) is 34.9 Å². The summed E-state index contributed by atoms with van der Waals surface area (Å²) in [6, 6.07) is 14.0. The topological polar surface area (TPSA) is 112 Å². The first kappa shape index (κ1) is 62.7. The van der Waals surface area contributed by atoms with Gasteiger partial charge in [0.05, 0.1) is 6.61 Å². The molecule has 0 fully saturated rings. The Kier molecular flexibility index (Phi) is 47.1. The molecule has 0 aromatic heterocycles. The third-order valence-corrected chi connectivity index (χ3v) is 8.51. The molecule has 7 nitrogen and oxygen atoms in total. The van der Waals surface area contributed by atoms with E-state index in [0.717, 1.165) is 82.8 Å². The molecule has 0 aliphatic carbocycles. The maximum absolute atomic E-state index is 10.2. The average molecular weight is 818 g/mol. The third kappa shape index (κ3) is 29.7. The van der Waals surface area contributed by atoms with Gasteiger partial charge in [0.1, 0.15) is 11.3 Å².